The van der Waals surface area contributed by atoms with Gasteiger partial charge in [0.1, 0.15) is 5.82 Å². The molecule has 1 aliphatic heterocycles. The van der Waals surface area contributed by atoms with Crippen LogP contribution in [0.1, 0.15) is 49.8 Å². The molecule has 0 saturated carbocycles. The molecule has 0 spiro atoms. The Kier molecular flexibility index (Phi) is 5.65. The van der Waals surface area contributed by atoms with Crippen molar-refractivity contribution in [3.05, 3.63) is 47.8 Å². The van der Waals surface area contributed by atoms with Crippen molar-refractivity contribution in [2.75, 3.05) is 6.54 Å². The molecule has 2 amide bonds. The molecule has 2 aromatic heterocycles. The van der Waals surface area contributed by atoms with E-state index in [9.17, 15) is 9.59 Å². The first-order valence-corrected chi connectivity index (χ1v) is 9.09. The fourth-order valence-electron chi connectivity index (χ4n) is 3.26. The van der Waals surface area contributed by atoms with Gasteiger partial charge in [-0.25, -0.2) is 4.98 Å². The number of hydrogen-bond donors (Lipinski definition) is 1. The highest BCUT2D eigenvalue weighted by Gasteiger charge is 2.29. The van der Waals surface area contributed by atoms with Crippen LogP contribution in [0.25, 0.3) is 0 Å². The molecule has 7 nitrogen and oxygen atoms in total. The Morgan fingerprint density at radius 2 is 2.19 bits per heavy atom. The summed E-state index contributed by atoms with van der Waals surface area (Å²) in [6.45, 7) is 5.87. The van der Waals surface area contributed by atoms with E-state index < -0.39 is 0 Å². The van der Waals surface area contributed by atoms with Crippen LogP contribution in [0.3, 0.4) is 0 Å². The molecule has 0 bridgehead atoms. The Bertz CT molecular complexity index is 771. The van der Waals surface area contributed by atoms with Crippen molar-refractivity contribution in [2.24, 2.45) is 0 Å². The molecule has 0 aromatic carbocycles. The van der Waals surface area contributed by atoms with Gasteiger partial charge in [-0.05, 0) is 25.0 Å². The number of imidazole rings is 1. The molecule has 3 heterocycles. The van der Waals surface area contributed by atoms with Gasteiger partial charge in [-0.3, -0.25) is 14.6 Å². The maximum absolute atomic E-state index is 12.2. The van der Waals surface area contributed by atoms with Crippen molar-refractivity contribution in [1.82, 2.24) is 24.8 Å². The van der Waals surface area contributed by atoms with Gasteiger partial charge in [-0.1, -0.05) is 13.0 Å². The average molecular weight is 355 g/mol. The van der Waals surface area contributed by atoms with Gasteiger partial charge < -0.3 is 14.8 Å². The summed E-state index contributed by atoms with van der Waals surface area (Å²) in [5, 5.41) is 2.89. The van der Waals surface area contributed by atoms with Gasteiger partial charge in [-0.15, -0.1) is 0 Å². The highest BCUT2D eigenvalue weighted by molar-refractivity contribution is 5.78. The molecule has 1 N–H and O–H groups in total. The van der Waals surface area contributed by atoms with Gasteiger partial charge in [-0.2, -0.15) is 0 Å². The van der Waals surface area contributed by atoms with Gasteiger partial charge in [0.15, 0.2) is 0 Å². The Labute approximate surface area is 153 Å². The third-order valence-corrected chi connectivity index (χ3v) is 4.62. The van der Waals surface area contributed by atoms with E-state index in [2.05, 4.69) is 19.9 Å². The fraction of sp³-hybridized carbons (Fsp3) is 0.474. The van der Waals surface area contributed by atoms with Crippen molar-refractivity contribution in [1.29, 1.82) is 0 Å². The predicted octanol–water partition coefficient (Wildman–Crippen LogP) is 1.84. The predicted molar refractivity (Wildman–Crippen MR) is 97.1 cm³/mol. The van der Waals surface area contributed by atoms with Gasteiger partial charge in [0.25, 0.3) is 0 Å². The minimum Gasteiger partial charge on any atom is -0.352 e. The highest BCUT2D eigenvalue weighted by atomic mass is 16.2. The van der Waals surface area contributed by atoms with Gasteiger partial charge in [0.05, 0.1) is 18.2 Å². The first kappa shape index (κ1) is 18.1. The molecule has 26 heavy (non-hydrogen) atoms. The summed E-state index contributed by atoms with van der Waals surface area (Å²) >= 11 is 0. The minimum absolute atomic E-state index is 0.0602. The van der Waals surface area contributed by atoms with E-state index in [1.165, 1.54) is 0 Å². The van der Waals surface area contributed by atoms with Crippen molar-refractivity contribution < 1.29 is 9.59 Å². The zero-order valence-corrected chi connectivity index (χ0v) is 15.3. The number of carbonyl (C=O) groups is 2. The zero-order chi connectivity index (χ0) is 18.5. The molecule has 138 valence electrons. The van der Waals surface area contributed by atoms with E-state index in [4.69, 9.17) is 0 Å². The third kappa shape index (κ3) is 4.09. The monoisotopic (exact) mass is 355 g/mol. The lowest BCUT2D eigenvalue weighted by molar-refractivity contribution is -0.134. The Morgan fingerprint density at radius 3 is 2.92 bits per heavy atom. The van der Waals surface area contributed by atoms with E-state index >= 15 is 0 Å². The van der Waals surface area contributed by atoms with Crippen LogP contribution in [-0.2, 0) is 29.1 Å². The summed E-state index contributed by atoms with van der Waals surface area (Å²) in [4.78, 5) is 35.0. The molecule has 3 rings (SSSR count). The summed E-state index contributed by atoms with van der Waals surface area (Å²) < 4.78 is 2.06. The lowest BCUT2D eigenvalue weighted by Gasteiger charge is -2.33. The van der Waals surface area contributed by atoms with Crippen molar-refractivity contribution >= 4 is 11.8 Å². The second kappa shape index (κ2) is 8.12. The number of pyridine rings is 1. The van der Waals surface area contributed by atoms with Crippen LogP contribution in [0, 0.1) is 0 Å². The lowest BCUT2D eigenvalue weighted by atomic mass is 10.2. The largest absolute Gasteiger partial charge is 0.352 e. The number of hydrogen-bond acceptors (Lipinski definition) is 4. The SMILES string of the molecule is CCCC(=O)N1CCn2cc(CC(=O)NCc3cccnc3)nc2C1C. The Morgan fingerprint density at radius 1 is 1.35 bits per heavy atom. The summed E-state index contributed by atoms with van der Waals surface area (Å²) in [7, 11) is 0. The lowest BCUT2D eigenvalue weighted by Crippen LogP contribution is -2.40. The van der Waals surface area contributed by atoms with Gasteiger partial charge >= 0.3 is 0 Å². The van der Waals surface area contributed by atoms with E-state index in [0.717, 1.165) is 30.0 Å². The number of rotatable bonds is 6. The summed E-state index contributed by atoms with van der Waals surface area (Å²) in [5.41, 5.74) is 1.70. The number of aromatic nitrogens is 3. The fourth-order valence-corrected chi connectivity index (χ4v) is 3.26. The van der Waals surface area contributed by atoms with E-state index in [1.807, 2.05) is 37.1 Å². The Hall–Kier alpha value is -2.70. The quantitative estimate of drug-likeness (QED) is 0.857. The number of amides is 2. The van der Waals surface area contributed by atoms with Crippen LogP contribution in [0.5, 0.6) is 0 Å². The van der Waals surface area contributed by atoms with Crippen molar-refractivity contribution in [3.8, 4) is 0 Å². The average Bonchev–Trinajstić information content (AvgIpc) is 3.05. The summed E-state index contributed by atoms with van der Waals surface area (Å²) in [5.74, 6) is 0.955. The topological polar surface area (TPSA) is 80.1 Å². The van der Waals surface area contributed by atoms with Crippen LogP contribution in [0.4, 0.5) is 0 Å². The van der Waals surface area contributed by atoms with E-state index in [1.54, 1.807) is 12.4 Å². The first-order chi connectivity index (χ1) is 12.6. The van der Waals surface area contributed by atoms with E-state index in [-0.39, 0.29) is 24.3 Å². The van der Waals surface area contributed by atoms with Gasteiger partial charge in [0.2, 0.25) is 11.8 Å². The molecule has 7 heteroatoms. The second-order valence-electron chi connectivity index (χ2n) is 6.61. The standard InChI is InChI=1S/C19H25N5O2/c1-3-5-18(26)24-9-8-23-13-16(22-19(23)14(24)2)10-17(25)21-12-15-6-4-7-20-11-15/h4,6-7,11,13-14H,3,5,8-10,12H2,1-2H3,(H,21,25). The van der Waals surface area contributed by atoms with Crippen LogP contribution in [-0.4, -0.2) is 37.8 Å². The number of nitrogens with one attached hydrogen (secondary N) is 1. The maximum atomic E-state index is 12.2. The van der Waals surface area contributed by atoms with Crippen molar-refractivity contribution in [2.45, 2.75) is 52.2 Å². The molecular weight excluding hydrogens is 330 g/mol. The minimum atomic E-state index is -0.0733. The Balaban J connectivity index is 1.60. The molecule has 1 atom stereocenters. The van der Waals surface area contributed by atoms with Crippen LogP contribution >= 0.6 is 0 Å². The molecular formula is C19H25N5O2. The molecule has 2 aromatic rings. The smallest absolute Gasteiger partial charge is 0.226 e. The van der Waals surface area contributed by atoms with Crippen LogP contribution in [0.2, 0.25) is 0 Å². The molecule has 1 unspecified atom stereocenters. The molecule has 0 aliphatic carbocycles. The molecule has 1 aliphatic rings. The zero-order valence-electron chi connectivity index (χ0n) is 15.3. The first-order valence-electron chi connectivity index (χ1n) is 9.09. The van der Waals surface area contributed by atoms with Crippen LogP contribution < -0.4 is 5.32 Å². The van der Waals surface area contributed by atoms with Crippen molar-refractivity contribution in [3.63, 3.8) is 0 Å². The van der Waals surface area contributed by atoms with E-state index in [0.29, 0.717) is 19.5 Å². The third-order valence-electron chi connectivity index (χ3n) is 4.62. The second-order valence-corrected chi connectivity index (χ2v) is 6.61. The molecule has 0 saturated heterocycles. The van der Waals surface area contributed by atoms with Crippen LogP contribution in [0.15, 0.2) is 30.7 Å². The highest BCUT2D eigenvalue weighted by Crippen LogP contribution is 2.25. The maximum Gasteiger partial charge on any atom is 0.226 e. The number of fused-ring (bicyclic) bond motifs is 1. The molecule has 0 fully saturated rings. The van der Waals surface area contributed by atoms with Gasteiger partial charge in [0, 0.05) is 44.6 Å². The number of carbonyl (C=O) groups excluding carboxylic acids is 2. The summed E-state index contributed by atoms with van der Waals surface area (Å²) in [6, 6.07) is 3.71. The number of nitrogens with zero attached hydrogens (tertiary/aromatic N) is 4. The molecule has 0 radical (unpaired) electrons. The normalized spacial score (nSPS) is 16.2. The summed E-state index contributed by atoms with van der Waals surface area (Å²) in [6.07, 6.45) is 7.01.